The minimum Gasteiger partial charge on any atom is -0.454 e. The number of nitrogens with zero attached hydrogens (tertiary/aromatic N) is 6. The molecule has 2 aromatic heterocycles. The predicted octanol–water partition coefficient (Wildman–Crippen LogP) is 2.46. The number of aromatic nitrogens is 5. The molecule has 202 valence electrons. The van der Waals surface area contributed by atoms with Crippen molar-refractivity contribution >= 4 is 10.9 Å². The Kier molecular flexibility index (Phi) is 6.50. The Morgan fingerprint density at radius 1 is 0.974 bits per heavy atom. The van der Waals surface area contributed by atoms with E-state index in [9.17, 15) is 4.79 Å². The van der Waals surface area contributed by atoms with Crippen LogP contribution in [0.1, 0.15) is 62.4 Å². The van der Waals surface area contributed by atoms with E-state index in [1.165, 1.54) is 32.1 Å². The van der Waals surface area contributed by atoms with E-state index in [1.54, 1.807) is 0 Å². The van der Waals surface area contributed by atoms with Gasteiger partial charge >= 0.3 is 0 Å². The van der Waals surface area contributed by atoms with Gasteiger partial charge in [0.1, 0.15) is 6.04 Å². The number of nitrogens with one attached hydrogen (secondary N) is 1. The minimum atomic E-state index is -0.363. The third-order valence-corrected chi connectivity index (χ3v) is 8.67. The van der Waals surface area contributed by atoms with E-state index in [0.717, 1.165) is 56.5 Å². The fourth-order valence-corrected chi connectivity index (χ4v) is 6.64. The maximum Gasteiger partial charge on any atom is 0.253 e. The number of hydrogen-bond acceptors (Lipinski definition) is 9. The Balaban J connectivity index is 1.24. The predicted molar refractivity (Wildman–Crippen MR) is 139 cm³/mol. The maximum atomic E-state index is 13.6. The first-order chi connectivity index (χ1) is 18.7. The molecule has 11 nitrogen and oxygen atoms in total. The van der Waals surface area contributed by atoms with Gasteiger partial charge < -0.3 is 19.2 Å². The third-order valence-electron chi connectivity index (χ3n) is 8.67. The van der Waals surface area contributed by atoms with Crippen LogP contribution < -0.4 is 15.0 Å². The number of hydrogen-bond donors (Lipinski definition) is 1. The largest absolute Gasteiger partial charge is 0.454 e. The third kappa shape index (κ3) is 4.56. The molecular weight excluding hydrogens is 486 g/mol. The summed E-state index contributed by atoms with van der Waals surface area (Å²) in [4.78, 5) is 21.7. The summed E-state index contributed by atoms with van der Waals surface area (Å²) >= 11 is 0. The first kappa shape index (κ1) is 24.1. The number of tetrazole rings is 1. The Morgan fingerprint density at radius 3 is 2.58 bits per heavy atom. The smallest absolute Gasteiger partial charge is 0.253 e. The number of rotatable bonds is 6. The summed E-state index contributed by atoms with van der Waals surface area (Å²) in [6.45, 7) is 5.23. The van der Waals surface area contributed by atoms with E-state index in [1.807, 2.05) is 22.9 Å². The van der Waals surface area contributed by atoms with E-state index in [4.69, 9.17) is 14.2 Å². The van der Waals surface area contributed by atoms with Crippen molar-refractivity contribution in [1.82, 2.24) is 35.0 Å². The molecule has 3 aromatic rings. The average molecular weight is 522 g/mol. The molecule has 0 radical (unpaired) electrons. The van der Waals surface area contributed by atoms with Gasteiger partial charge in [-0.1, -0.05) is 19.3 Å². The zero-order chi connectivity index (χ0) is 25.5. The molecule has 0 bridgehead atoms. The van der Waals surface area contributed by atoms with Crippen molar-refractivity contribution in [3.05, 3.63) is 39.9 Å². The lowest BCUT2D eigenvalue weighted by molar-refractivity contribution is 0.0593. The number of H-pyrrole nitrogens is 1. The molecular formula is C27H35N7O4. The van der Waals surface area contributed by atoms with Gasteiger partial charge in [0, 0.05) is 55.8 Å². The molecule has 1 aliphatic carbocycles. The summed E-state index contributed by atoms with van der Waals surface area (Å²) in [6.07, 6.45) is 8.75. The zero-order valence-electron chi connectivity index (χ0n) is 21.7. The molecule has 4 aliphatic rings. The van der Waals surface area contributed by atoms with Gasteiger partial charge in [-0.25, -0.2) is 4.68 Å². The number of ether oxygens (including phenoxy) is 3. The van der Waals surface area contributed by atoms with Gasteiger partial charge in [-0.3, -0.25) is 14.6 Å². The monoisotopic (exact) mass is 521 g/mol. The van der Waals surface area contributed by atoms with Gasteiger partial charge in [0.2, 0.25) is 6.79 Å². The van der Waals surface area contributed by atoms with Crippen LogP contribution in [0.25, 0.3) is 10.9 Å². The fourth-order valence-electron chi connectivity index (χ4n) is 6.64. The minimum absolute atomic E-state index is 0.0932. The number of piperazine rings is 1. The van der Waals surface area contributed by atoms with E-state index in [2.05, 4.69) is 30.3 Å². The second-order valence-corrected chi connectivity index (χ2v) is 11.0. The van der Waals surface area contributed by atoms with Crippen molar-refractivity contribution in [2.24, 2.45) is 0 Å². The first-order valence-corrected chi connectivity index (χ1v) is 14.1. The SMILES string of the molecule is O=c1[nH]c2cc3c(cc2cc1[C@@H](c1nnnn1C[C@H]1CCCO1)N1CCN(C2CCCCC2)CC1)OCO3. The molecule has 3 fully saturated rings. The first-order valence-electron chi connectivity index (χ1n) is 14.1. The van der Waals surface area contributed by atoms with Gasteiger partial charge in [0.25, 0.3) is 5.56 Å². The molecule has 3 aliphatic heterocycles. The summed E-state index contributed by atoms with van der Waals surface area (Å²) in [5.74, 6) is 2.03. The van der Waals surface area contributed by atoms with Crippen molar-refractivity contribution in [2.75, 3.05) is 39.6 Å². The summed E-state index contributed by atoms with van der Waals surface area (Å²) < 4.78 is 18.9. The average Bonchev–Trinajstić information content (AvgIpc) is 3.72. The van der Waals surface area contributed by atoms with Gasteiger partial charge in [-0.2, -0.15) is 0 Å². The van der Waals surface area contributed by atoms with E-state index < -0.39 is 0 Å². The van der Waals surface area contributed by atoms with Crippen molar-refractivity contribution < 1.29 is 14.2 Å². The molecule has 0 spiro atoms. The summed E-state index contributed by atoms with van der Waals surface area (Å²) in [6, 6.07) is 6.06. The highest BCUT2D eigenvalue weighted by molar-refractivity contribution is 5.83. The van der Waals surface area contributed by atoms with Gasteiger partial charge in [0.15, 0.2) is 17.3 Å². The highest BCUT2D eigenvalue weighted by Gasteiger charge is 2.35. The lowest BCUT2D eigenvalue weighted by atomic mass is 9.93. The van der Waals surface area contributed by atoms with E-state index in [-0.39, 0.29) is 24.5 Å². The van der Waals surface area contributed by atoms with Crippen molar-refractivity contribution in [3.63, 3.8) is 0 Å². The van der Waals surface area contributed by atoms with Gasteiger partial charge in [-0.05, 0) is 48.2 Å². The lowest BCUT2D eigenvalue weighted by Gasteiger charge is -2.43. The molecule has 0 amide bonds. The lowest BCUT2D eigenvalue weighted by Crippen LogP contribution is -2.52. The molecule has 0 unspecified atom stereocenters. The number of aromatic amines is 1. The molecule has 2 saturated heterocycles. The maximum absolute atomic E-state index is 13.6. The van der Waals surface area contributed by atoms with Crippen LogP contribution in [0.15, 0.2) is 23.0 Å². The molecule has 2 atom stereocenters. The van der Waals surface area contributed by atoms with Crippen LogP contribution in [0.4, 0.5) is 0 Å². The second-order valence-electron chi connectivity index (χ2n) is 11.0. The van der Waals surface area contributed by atoms with Crippen LogP contribution in [0.3, 0.4) is 0 Å². The Hall–Kier alpha value is -3.02. The zero-order valence-corrected chi connectivity index (χ0v) is 21.7. The van der Waals surface area contributed by atoms with E-state index in [0.29, 0.717) is 35.5 Å². The number of benzene rings is 1. The van der Waals surface area contributed by atoms with Gasteiger partial charge in [-0.15, -0.1) is 5.10 Å². The van der Waals surface area contributed by atoms with Crippen molar-refractivity contribution in [2.45, 2.75) is 69.7 Å². The fraction of sp³-hybridized carbons (Fsp3) is 0.630. The standard InChI is InChI=1S/C27H35N7O4/c35-27-21(13-18-14-23-24(38-17-37-23)15-22(18)28-27)25(26-29-30-31-34(26)16-20-7-4-12-36-20)33-10-8-32(9-11-33)19-5-2-1-3-6-19/h13-15,19-20,25H,1-12,16-17H2,(H,28,35)/t20-,25+/m1/s1. The van der Waals surface area contributed by atoms with Crippen LogP contribution in [0.5, 0.6) is 11.5 Å². The molecule has 5 heterocycles. The van der Waals surface area contributed by atoms with E-state index >= 15 is 0 Å². The van der Waals surface area contributed by atoms with Crippen LogP contribution in [0, 0.1) is 0 Å². The van der Waals surface area contributed by atoms with Crippen LogP contribution >= 0.6 is 0 Å². The van der Waals surface area contributed by atoms with Crippen molar-refractivity contribution in [3.8, 4) is 11.5 Å². The Morgan fingerprint density at radius 2 is 1.79 bits per heavy atom. The Labute approximate surface area is 221 Å². The second kappa shape index (κ2) is 10.3. The summed E-state index contributed by atoms with van der Waals surface area (Å²) in [5.41, 5.74) is 1.23. The molecule has 11 heteroatoms. The molecule has 1 saturated carbocycles. The van der Waals surface area contributed by atoms with Crippen LogP contribution in [-0.4, -0.2) is 86.7 Å². The molecule has 38 heavy (non-hydrogen) atoms. The quantitative estimate of drug-likeness (QED) is 0.523. The normalized spacial score (nSPS) is 23.8. The van der Waals surface area contributed by atoms with Crippen LogP contribution in [0.2, 0.25) is 0 Å². The number of fused-ring (bicyclic) bond motifs is 2. The highest BCUT2D eigenvalue weighted by atomic mass is 16.7. The summed E-state index contributed by atoms with van der Waals surface area (Å²) in [7, 11) is 0. The van der Waals surface area contributed by atoms with Crippen molar-refractivity contribution in [1.29, 1.82) is 0 Å². The molecule has 7 rings (SSSR count). The molecule has 1 aromatic carbocycles. The van der Waals surface area contributed by atoms with Crippen LogP contribution in [-0.2, 0) is 11.3 Å². The molecule has 1 N–H and O–H groups in total. The topological polar surface area (TPSA) is 111 Å². The number of pyridine rings is 1. The Bertz CT molecular complexity index is 1340. The van der Waals surface area contributed by atoms with Gasteiger partial charge in [0.05, 0.1) is 18.2 Å². The highest BCUT2D eigenvalue weighted by Crippen LogP contribution is 2.36. The summed E-state index contributed by atoms with van der Waals surface area (Å²) in [5, 5.41) is 13.8.